The maximum atomic E-state index is 11.0. The van der Waals surface area contributed by atoms with Crippen LogP contribution in [0.15, 0.2) is 12.1 Å². The fourth-order valence-corrected chi connectivity index (χ4v) is 1.64. The lowest BCUT2D eigenvalue weighted by atomic mass is 9.94. The van der Waals surface area contributed by atoms with E-state index in [1.54, 1.807) is 6.07 Å². The summed E-state index contributed by atoms with van der Waals surface area (Å²) in [5.41, 5.74) is 1.01. The van der Waals surface area contributed by atoms with Gasteiger partial charge in [0.05, 0.1) is 17.4 Å². The van der Waals surface area contributed by atoms with Crippen molar-refractivity contribution in [1.29, 1.82) is 10.5 Å². The molecule has 1 aromatic carbocycles. The molecule has 17 heavy (non-hydrogen) atoms. The van der Waals surface area contributed by atoms with Gasteiger partial charge in [-0.1, -0.05) is 13.8 Å². The number of nitriles is 2. The van der Waals surface area contributed by atoms with Gasteiger partial charge in [0.15, 0.2) is 0 Å². The first-order valence-corrected chi connectivity index (χ1v) is 5.09. The summed E-state index contributed by atoms with van der Waals surface area (Å²) in [6.07, 6.45) is 0.145. The third-order valence-electron chi connectivity index (χ3n) is 2.41. The monoisotopic (exact) mass is 229 g/mol. The fourth-order valence-electron chi connectivity index (χ4n) is 1.64. The Labute approximate surface area is 99.1 Å². The molecule has 0 N–H and O–H groups in total. The molecule has 0 radical (unpaired) electrons. The van der Waals surface area contributed by atoms with Crippen LogP contribution in [0.5, 0.6) is 0 Å². The molecule has 0 aliphatic carbocycles. The Kier molecular flexibility index (Phi) is 3.79. The molecular formula is C12H11N3O2. The smallest absolute Gasteiger partial charge is 0.258 e. The molecule has 0 aliphatic rings. The molecular weight excluding hydrogens is 218 g/mol. The van der Waals surface area contributed by atoms with Gasteiger partial charge in [0.25, 0.3) is 5.69 Å². The highest BCUT2D eigenvalue weighted by atomic mass is 16.6. The minimum atomic E-state index is -0.538. The van der Waals surface area contributed by atoms with Crippen LogP contribution >= 0.6 is 0 Å². The van der Waals surface area contributed by atoms with E-state index in [-0.39, 0.29) is 23.6 Å². The summed E-state index contributed by atoms with van der Waals surface area (Å²) in [4.78, 5) is 10.4. The van der Waals surface area contributed by atoms with Gasteiger partial charge in [0, 0.05) is 5.56 Å². The van der Waals surface area contributed by atoms with E-state index in [0.29, 0.717) is 11.1 Å². The molecule has 0 aromatic heterocycles. The second-order valence-electron chi connectivity index (χ2n) is 3.94. The average Bonchev–Trinajstić information content (AvgIpc) is 2.27. The van der Waals surface area contributed by atoms with Crippen LogP contribution in [0.4, 0.5) is 5.69 Å². The number of hydrogen-bond donors (Lipinski definition) is 0. The van der Waals surface area contributed by atoms with Crippen molar-refractivity contribution in [3.63, 3.8) is 0 Å². The van der Waals surface area contributed by atoms with Crippen LogP contribution in [0.1, 0.15) is 36.5 Å². The van der Waals surface area contributed by atoms with E-state index in [4.69, 9.17) is 10.5 Å². The molecule has 1 rings (SSSR count). The molecule has 0 atom stereocenters. The third kappa shape index (κ3) is 2.59. The van der Waals surface area contributed by atoms with E-state index in [1.165, 1.54) is 6.07 Å². The lowest BCUT2D eigenvalue weighted by Crippen LogP contribution is -2.02. The number of nitro groups is 1. The molecule has 5 nitrogen and oxygen atoms in total. The average molecular weight is 229 g/mol. The van der Waals surface area contributed by atoms with Gasteiger partial charge in [-0.15, -0.1) is 0 Å². The zero-order chi connectivity index (χ0) is 13.0. The molecule has 1 aromatic rings. The van der Waals surface area contributed by atoms with Gasteiger partial charge in [0.2, 0.25) is 0 Å². The van der Waals surface area contributed by atoms with Gasteiger partial charge in [-0.05, 0) is 23.6 Å². The van der Waals surface area contributed by atoms with E-state index in [9.17, 15) is 10.1 Å². The standard InChI is InChI=1S/C12H11N3O2/c1-8(2)11-6-9(3-4-13)5-10(7-14)12(11)15(16)17/h5-6,8H,3H2,1-2H3. The number of benzene rings is 1. The van der Waals surface area contributed by atoms with E-state index in [1.807, 2.05) is 26.0 Å². The van der Waals surface area contributed by atoms with Crippen molar-refractivity contribution in [2.75, 3.05) is 0 Å². The Balaban J connectivity index is 3.54. The van der Waals surface area contributed by atoms with Gasteiger partial charge in [-0.2, -0.15) is 10.5 Å². The van der Waals surface area contributed by atoms with Crippen LogP contribution < -0.4 is 0 Å². The highest BCUT2D eigenvalue weighted by Crippen LogP contribution is 2.31. The van der Waals surface area contributed by atoms with E-state index < -0.39 is 4.92 Å². The quantitative estimate of drug-likeness (QED) is 0.588. The van der Waals surface area contributed by atoms with Crippen LogP contribution in [0.25, 0.3) is 0 Å². The molecule has 0 bridgehead atoms. The Morgan fingerprint density at radius 3 is 2.47 bits per heavy atom. The molecule has 0 aliphatic heterocycles. The Morgan fingerprint density at radius 1 is 1.41 bits per heavy atom. The molecule has 86 valence electrons. The summed E-state index contributed by atoms with van der Waals surface area (Å²) in [7, 11) is 0. The normalized spacial score (nSPS) is 9.71. The molecule has 0 saturated heterocycles. The van der Waals surface area contributed by atoms with Crippen molar-refractivity contribution < 1.29 is 4.92 Å². The Hall–Kier alpha value is -2.40. The molecule has 0 heterocycles. The minimum absolute atomic E-state index is 0.0199. The van der Waals surface area contributed by atoms with Crippen LogP contribution in [0.3, 0.4) is 0 Å². The van der Waals surface area contributed by atoms with Crippen molar-refractivity contribution in [3.8, 4) is 12.1 Å². The number of hydrogen-bond acceptors (Lipinski definition) is 4. The summed E-state index contributed by atoms with van der Waals surface area (Å²) < 4.78 is 0. The molecule has 0 saturated carbocycles. The maximum Gasteiger partial charge on any atom is 0.290 e. The molecule has 0 spiro atoms. The van der Waals surface area contributed by atoms with E-state index >= 15 is 0 Å². The van der Waals surface area contributed by atoms with Gasteiger partial charge in [-0.25, -0.2) is 0 Å². The van der Waals surface area contributed by atoms with Gasteiger partial charge < -0.3 is 0 Å². The van der Waals surface area contributed by atoms with Gasteiger partial charge >= 0.3 is 0 Å². The number of nitro benzene ring substituents is 1. The van der Waals surface area contributed by atoms with E-state index in [2.05, 4.69) is 0 Å². The largest absolute Gasteiger partial charge is 0.290 e. The first-order chi connectivity index (χ1) is 8.01. The van der Waals surface area contributed by atoms with Gasteiger partial charge in [0.1, 0.15) is 11.6 Å². The van der Waals surface area contributed by atoms with Crippen LogP contribution in [-0.2, 0) is 6.42 Å². The second kappa shape index (κ2) is 5.09. The highest BCUT2D eigenvalue weighted by molar-refractivity contribution is 5.57. The summed E-state index contributed by atoms with van der Waals surface area (Å²) >= 11 is 0. The van der Waals surface area contributed by atoms with Gasteiger partial charge in [-0.3, -0.25) is 10.1 Å². The number of rotatable bonds is 3. The van der Waals surface area contributed by atoms with Crippen molar-refractivity contribution in [2.24, 2.45) is 0 Å². The fraction of sp³-hybridized carbons (Fsp3) is 0.333. The molecule has 0 unspecified atom stereocenters. The second-order valence-corrected chi connectivity index (χ2v) is 3.94. The van der Waals surface area contributed by atoms with Crippen molar-refractivity contribution in [2.45, 2.75) is 26.2 Å². The predicted octanol–water partition coefficient (Wildman–Crippen LogP) is 2.66. The topological polar surface area (TPSA) is 90.7 Å². The highest BCUT2D eigenvalue weighted by Gasteiger charge is 2.22. The molecule has 0 amide bonds. The summed E-state index contributed by atoms with van der Waals surface area (Å²) in [6.45, 7) is 3.64. The maximum absolute atomic E-state index is 11.0. The predicted molar refractivity (Wildman–Crippen MR) is 61.2 cm³/mol. The number of nitrogens with zero attached hydrogens (tertiary/aromatic N) is 3. The Morgan fingerprint density at radius 2 is 2.06 bits per heavy atom. The van der Waals surface area contributed by atoms with Crippen molar-refractivity contribution in [1.82, 2.24) is 0 Å². The summed E-state index contributed by atoms with van der Waals surface area (Å²) in [5.74, 6) is -0.0684. The van der Waals surface area contributed by atoms with Crippen LogP contribution in [-0.4, -0.2) is 4.92 Å². The third-order valence-corrected chi connectivity index (χ3v) is 2.41. The Bertz CT molecular complexity index is 536. The summed E-state index contributed by atoms with van der Waals surface area (Å²) in [6, 6.07) is 6.83. The van der Waals surface area contributed by atoms with Crippen molar-refractivity contribution >= 4 is 5.69 Å². The first kappa shape index (κ1) is 12.7. The van der Waals surface area contributed by atoms with Crippen LogP contribution in [0.2, 0.25) is 0 Å². The molecule has 0 fully saturated rings. The molecule has 5 heteroatoms. The first-order valence-electron chi connectivity index (χ1n) is 5.09. The summed E-state index contributed by atoms with van der Waals surface area (Å²) in [5, 5.41) is 28.5. The van der Waals surface area contributed by atoms with Crippen LogP contribution in [0, 0.1) is 32.8 Å². The lowest BCUT2D eigenvalue weighted by molar-refractivity contribution is -0.386. The SMILES string of the molecule is CC(C)c1cc(CC#N)cc(C#N)c1[N+](=O)[O-]. The zero-order valence-corrected chi connectivity index (χ0v) is 9.60. The minimum Gasteiger partial charge on any atom is -0.258 e. The zero-order valence-electron chi connectivity index (χ0n) is 9.60. The van der Waals surface area contributed by atoms with Crippen molar-refractivity contribution in [3.05, 3.63) is 38.9 Å². The lowest BCUT2D eigenvalue weighted by Gasteiger charge is -2.09. The van der Waals surface area contributed by atoms with E-state index in [0.717, 1.165) is 0 Å².